The SMILES string of the molecule is COC1(NC(=O)Cc2cccs2)C(=O)N2C(C(=O)O)=C(CO)CS[C@@H]21.c1ccc(CNCCNCc2ccccc2)cc1. The van der Waals surface area contributed by atoms with Crippen molar-refractivity contribution in [1.29, 1.82) is 0 Å². The van der Waals surface area contributed by atoms with E-state index in [2.05, 4.69) is 64.5 Å². The minimum atomic E-state index is -1.60. The van der Waals surface area contributed by atoms with Gasteiger partial charge in [-0.2, -0.15) is 0 Å². The zero-order valence-electron chi connectivity index (χ0n) is 23.8. The first kappa shape index (κ1) is 32.4. The van der Waals surface area contributed by atoms with Gasteiger partial charge in [-0.1, -0.05) is 66.7 Å². The Hall–Kier alpha value is -3.52. The molecular weight excluding hydrogens is 588 g/mol. The number of fused-ring (bicyclic) bond motifs is 1. The Labute approximate surface area is 259 Å². The molecule has 1 saturated heterocycles. The molecule has 5 rings (SSSR count). The maximum Gasteiger partial charge on any atom is 0.352 e. The summed E-state index contributed by atoms with van der Waals surface area (Å²) in [7, 11) is 1.30. The monoisotopic (exact) mass is 624 g/mol. The van der Waals surface area contributed by atoms with E-state index in [1.165, 1.54) is 41.3 Å². The number of nitrogens with zero attached hydrogens (tertiary/aromatic N) is 1. The van der Waals surface area contributed by atoms with E-state index >= 15 is 0 Å². The molecule has 1 unspecified atom stereocenters. The molecule has 5 N–H and O–H groups in total. The van der Waals surface area contributed by atoms with Crippen molar-refractivity contribution >= 4 is 40.9 Å². The quantitative estimate of drug-likeness (QED) is 0.110. The summed E-state index contributed by atoms with van der Waals surface area (Å²) in [5.41, 5.74) is 1.09. The topological polar surface area (TPSA) is 140 Å². The first-order valence-electron chi connectivity index (χ1n) is 13.8. The van der Waals surface area contributed by atoms with Crippen LogP contribution in [0.2, 0.25) is 0 Å². The molecule has 2 amide bonds. The maximum absolute atomic E-state index is 12.7. The highest BCUT2D eigenvalue weighted by molar-refractivity contribution is 8.00. The number of amides is 2. The van der Waals surface area contributed by atoms with Crippen LogP contribution in [-0.4, -0.2) is 76.6 Å². The van der Waals surface area contributed by atoms with Gasteiger partial charge in [-0.05, 0) is 28.1 Å². The second kappa shape index (κ2) is 15.8. The molecule has 0 saturated carbocycles. The van der Waals surface area contributed by atoms with E-state index < -0.39 is 29.6 Å². The molecule has 2 aliphatic heterocycles. The van der Waals surface area contributed by atoms with Crippen LogP contribution in [0.3, 0.4) is 0 Å². The molecule has 0 spiro atoms. The third kappa shape index (κ3) is 8.11. The Balaban J connectivity index is 0.000000208. The summed E-state index contributed by atoms with van der Waals surface area (Å²) < 4.78 is 5.32. The Bertz CT molecular complexity index is 1340. The number of aliphatic carboxylic acids is 1. The summed E-state index contributed by atoms with van der Waals surface area (Å²) >= 11 is 2.67. The van der Waals surface area contributed by atoms with Crippen molar-refractivity contribution < 1.29 is 29.3 Å². The summed E-state index contributed by atoms with van der Waals surface area (Å²) in [6.07, 6.45) is 0.108. The predicted molar refractivity (Wildman–Crippen MR) is 167 cm³/mol. The van der Waals surface area contributed by atoms with Gasteiger partial charge in [-0.15, -0.1) is 23.1 Å². The second-order valence-corrected chi connectivity index (χ2v) is 11.9. The van der Waals surface area contributed by atoms with E-state index in [9.17, 15) is 24.6 Å². The number of ether oxygens (including phenoxy) is 1. The van der Waals surface area contributed by atoms with Crippen molar-refractivity contribution in [2.24, 2.45) is 0 Å². The Morgan fingerprint density at radius 3 is 2.07 bits per heavy atom. The average molecular weight is 625 g/mol. The van der Waals surface area contributed by atoms with Crippen LogP contribution >= 0.6 is 23.1 Å². The molecule has 1 aromatic heterocycles. The van der Waals surface area contributed by atoms with Gasteiger partial charge < -0.3 is 30.9 Å². The fourth-order valence-corrected chi connectivity index (χ4v) is 6.85. The van der Waals surface area contributed by atoms with Gasteiger partial charge in [-0.3, -0.25) is 14.5 Å². The first-order chi connectivity index (χ1) is 20.9. The zero-order valence-corrected chi connectivity index (χ0v) is 25.5. The van der Waals surface area contributed by atoms with Crippen molar-refractivity contribution in [3.05, 3.63) is 105 Å². The summed E-state index contributed by atoms with van der Waals surface area (Å²) in [6, 6.07) is 24.6. The van der Waals surface area contributed by atoms with E-state index in [4.69, 9.17) is 4.74 Å². The van der Waals surface area contributed by atoms with E-state index in [1.807, 2.05) is 29.6 Å². The fraction of sp³-hybridized carbons (Fsp3) is 0.323. The van der Waals surface area contributed by atoms with Gasteiger partial charge >= 0.3 is 5.97 Å². The molecule has 1 fully saturated rings. The van der Waals surface area contributed by atoms with Crippen LogP contribution in [0.1, 0.15) is 16.0 Å². The lowest BCUT2D eigenvalue weighted by Gasteiger charge is -2.55. The van der Waals surface area contributed by atoms with Crippen LogP contribution < -0.4 is 16.0 Å². The number of carboxylic acids is 1. The summed E-state index contributed by atoms with van der Waals surface area (Å²) in [5.74, 6) is -2.10. The number of aliphatic hydroxyl groups is 1. The Morgan fingerprint density at radius 1 is 0.977 bits per heavy atom. The fourth-order valence-electron chi connectivity index (χ4n) is 4.72. The van der Waals surface area contributed by atoms with Crippen LogP contribution in [0, 0.1) is 0 Å². The van der Waals surface area contributed by atoms with Gasteiger partial charge in [0, 0.05) is 43.9 Å². The van der Waals surface area contributed by atoms with E-state index in [-0.39, 0.29) is 29.4 Å². The van der Waals surface area contributed by atoms with Crippen molar-refractivity contribution in [2.45, 2.75) is 30.6 Å². The molecule has 43 heavy (non-hydrogen) atoms. The number of carboxylic acid groups (broad SMARTS) is 1. The molecule has 0 radical (unpaired) electrons. The molecule has 2 atom stereocenters. The van der Waals surface area contributed by atoms with E-state index in [0.717, 1.165) is 36.0 Å². The van der Waals surface area contributed by atoms with Gasteiger partial charge in [-0.25, -0.2) is 4.79 Å². The lowest BCUT2D eigenvalue weighted by atomic mass is 9.98. The van der Waals surface area contributed by atoms with Crippen molar-refractivity contribution in [1.82, 2.24) is 20.9 Å². The number of carbonyl (C=O) groups excluding carboxylic acids is 2. The van der Waals surface area contributed by atoms with Crippen LogP contribution in [0.25, 0.3) is 0 Å². The second-order valence-electron chi connectivity index (χ2n) is 9.82. The molecule has 3 aromatic rings. The molecule has 2 aliphatic rings. The Morgan fingerprint density at radius 2 is 1.58 bits per heavy atom. The zero-order chi connectivity index (χ0) is 30.7. The lowest BCUT2D eigenvalue weighted by Crippen LogP contribution is -2.80. The number of β-lactam (4-membered cyclic amide) rings is 1. The molecule has 228 valence electrons. The minimum absolute atomic E-state index is 0.108. The highest BCUT2D eigenvalue weighted by atomic mass is 32.2. The average Bonchev–Trinajstić information content (AvgIpc) is 3.54. The van der Waals surface area contributed by atoms with Gasteiger partial charge in [0.05, 0.1) is 13.0 Å². The number of thioether (sulfide) groups is 1. The van der Waals surface area contributed by atoms with E-state index in [1.54, 1.807) is 0 Å². The minimum Gasteiger partial charge on any atom is -0.477 e. The number of nitrogens with one attached hydrogen (secondary N) is 3. The van der Waals surface area contributed by atoms with Crippen LogP contribution in [0.5, 0.6) is 0 Å². The van der Waals surface area contributed by atoms with Crippen molar-refractivity contribution in [3.63, 3.8) is 0 Å². The number of hydrogen-bond donors (Lipinski definition) is 5. The van der Waals surface area contributed by atoms with Gasteiger partial charge in [0.15, 0.2) is 0 Å². The normalized spacial score (nSPS) is 19.2. The van der Waals surface area contributed by atoms with Crippen LogP contribution in [0.15, 0.2) is 89.4 Å². The number of hydrogen-bond acceptors (Lipinski definition) is 9. The van der Waals surface area contributed by atoms with E-state index in [0.29, 0.717) is 0 Å². The molecule has 12 heteroatoms. The predicted octanol–water partition coefficient (Wildman–Crippen LogP) is 2.56. The standard InChI is InChI=1S/C16H20N2.C15H16N2O6S2/c1-3-7-15(8-4-1)13-17-11-12-18-14-16-9-5-2-6-10-16;1-23-15(16-10(19)5-9-3-2-4-24-9)13(22)17-11(12(20)21)8(6-18)7-25-14(15)17/h1-10,17-18H,11-14H2;2-4,14,18H,5-7H2,1H3,(H,16,19)(H,20,21)/t;14-,15?/m.1/s1. The highest BCUT2D eigenvalue weighted by Gasteiger charge is 2.66. The third-order valence-corrected chi connectivity index (χ3v) is 9.14. The lowest BCUT2D eigenvalue weighted by molar-refractivity contribution is -0.192. The first-order valence-corrected chi connectivity index (χ1v) is 15.7. The summed E-state index contributed by atoms with van der Waals surface area (Å²) in [5, 5.41) is 29.3. The van der Waals surface area contributed by atoms with Crippen LogP contribution in [0.4, 0.5) is 0 Å². The molecule has 2 aromatic carbocycles. The summed E-state index contributed by atoms with van der Waals surface area (Å²) in [6.45, 7) is 3.40. The molecular formula is C31H36N4O6S2. The summed E-state index contributed by atoms with van der Waals surface area (Å²) in [4.78, 5) is 38.4. The number of rotatable bonds is 13. The smallest absolute Gasteiger partial charge is 0.352 e. The van der Waals surface area contributed by atoms with Gasteiger partial charge in [0.2, 0.25) is 5.91 Å². The maximum atomic E-state index is 12.7. The molecule has 10 nitrogen and oxygen atoms in total. The highest BCUT2D eigenvalue weighted by Crippen LogP contribution is 2.46. The number of aliphatic hydroxyl groups excluding tert-OH is 1. The Kier molecular flexibility index (Phi) is 11.9. The van der Waals surface area contributed by atoms with Crippen molar-refractivity contribution in [3.8, 4) is 0 Å². The number of thiophene rings is 1. The third-order valence-electron chi connectivity index (χ3n) is 6.89. The van der Waals surface area contributed by atoms with Gasteiger partial charge in [0.25, 0.3) is 11.6 Å². The molecule has 3 heterocycles. The van der Waals surface area contributed by atoms with Crippen molar-refractivity contribution in [2.75, 3.05) is 32.6 Å². The van der Waals surface area contributed by atoms with Crippen LogP contribution in [-0.2, 0) is 38.6 Å². The number of carbonyl (C=O) groups is 3. The number of benzene rings is 2. The largest absolute Gasteiger partial charge is 0.477 e. The number of methoxy groups -OCH3 is 1. The molecule has 0 bridgehead atoms. The van der Waals surface area contributed by atoms with Gasteiger partial charge in [0.1, 0.15) is 11.1 Å². The molecule has 0 aliphatic carbocycles.